The fourth-order valence-corrected chi connectivity index (χ4v) is 4.51. The third-order valence-corrected chi connectivity index (χ3v) is 6.22. The molecule has 208 valence electrons. The smallest absolute Gasteiger partial charge is 0.303 e. The molecule has 4 heterocycles. The Bertz CT molecular complexity index is 1550. The Labute approximate surface area is 228 Å². The number of hydrogen-bond donors (Lipinski definition) is 0. The highest BCUT2D eigenvalue weighted by Gasteiger charge is 2.51. The number of nitrogens with zero attached hydrogens (tertiary/aromatic N) is 7. The van der Waals surface area contributed by atoms with Crippen molar-refractivity contribution in [2.75, 3.05) is 6.61 Å². The van der Waals surface area contributed by atoms with Gasteiger partial charge in [-0.05, 0) is 12.5 Å². The minimum Gasteiger partial charge on any atom is -0.463 e. The molecule has 0 unspecified atom stereocenters. The third-order valence-electron chi connectivity index (χ3n) is 6.22. The number of esters is 3. The molecule has 40 heavy (non-hydrogen) atoms. The van der Waals surface area contributed by atoms with Crippen LogP contribution in [0.4, 0.5) is 0 Å². The molecule has 1 aliphatic rings. The first-order valence-corrected chi connectivity index (χ1v) is 12.5. The standard InChI is InChI=1S/C26H27N7O7/c1-14-5-7-18(8-6-14)9-32-10-19(30-31-32)21-22-25(28-12-27-21)33(13-29-22)26-24(39-17(4)36)23(38-16(3)35)20(40-26)11-37-15(2)34/h5-8,10,12-13,20,23-24,26H,9,11H2,1-4H3/t20-,23-,24-,26-/m1/s1. The summed E-state index contributed by atoms with van der Waals surface area (Å²) in [5, 5.41) is 8.50. The minimum absolute atomic E-state index is 0.224. The normalized spacial score (nSPS) is 20.4. The summed E-state index contributed by atoms with van der Waals surface area (Å²) in [5.74, 6) is -1.78. The minimum atomic E-state index is -1.08. The van der Waals surface area contributed by atoms with Gasteiger partial charge in [-0.1, -0.05) is 35.0 Å². The topological polar surface area (TPSA) is 162 Å². The predicted octanol–water partition coefficient (Wildman–Crippen LogP) is 1.77. The van der Waals surface area contributed by atoms with E-state index in [-0.39, 0.29) is 6.61 Å². The second-order valence-corrected chi connectivity index (χ2v) is 9.35. The van der Waals surface area contributed by atoms with E-state index in [1.807, 2.05) is 31.2 Å². The summed E-state index contributed by atoms with van der Waals surface area (Å²) in [6, 6.07) is 8.12. The van der Waals surface area contributed by atoms with E-state index in [4.69, 9.17) is 18.9 Å². The molecule has 4 atom stereocenters. The van der Waals surface area contributed by atoms with Crippen LogP contribution in [0, 0.1) is 6.92 Å². The first-order valence-electron chi connectivity index (χ1n) is 12.5. The maximum absolute atomic E-state index is 12.0. The molecule has 1 fully saturated rings. The van der Waals surface area contributed by atoms with Crippen molar-refractivity contribution in [1.82, 2.24) is 34.5 Å². The van der Waals surface area contributed by atoms with Crippen LogP contribution >= 0.6 is 0 Å². The summed E-state index contributed by atoms with van der Waals surface area (Å²) in [7, 11) is 0. The van der Waals surface area contributed by atoms with Crippen molar-refractivity contribution >= 4 is 29.1 Å². The van der Waals surface area contributed by atoms with Gasteiger partial charge < -0.3 is 18.9 Å². The number of aromatic nitrogens is 7. The molecule has 5 rings (SSSR count). The Kier molecular flexibility index (Phi) is 7.51. The van der Waals surface area contributed by atoms with Crippen molar-refractivity contribution < 1.29 is 33.3 Å². The summed E-state index contributed by atoms with van der Waals surface area (Å²) in [5.41, 5.74) is 3.92. The number of carbonyl (C=O) groups is 3. The maximum atomic E-state index is 12.0. The van der Waals surface area contributed by atoms with E-state index in [1.165, 1.54) is 39.0 Å². The molecular weight excluding hydrogens is 522 g/mol. The van der Waals surface area contributed by atoms with E-state index < -0.39 is 42.4 Å². The van der Waals surface area contributed by atoms with Gasteiger partial charge in [-0.25, -0.2) is 19.6 Å². The lowest BCUT2D eigenvalue weighted by atomic mass is 10.1. The highest BCUT2D eigenvalue weighted by atomic mass is 16.7. The van der Waals surface area contributed by atoms with Crippen molar-refractivity contribution in [3.8, 4) is 11.4 Å². The zero-order valence-electron chi connectivity index (χ0n) is 22.3. The van der Waals surface area contributed by atoms with Gasteiger partial charge in [0.2, 0.25) is 0 Å². The lowest BCUT2D eigenvalue weighted by Crippen LogP contribution is -2.40. The summed E-state index contributed by atoms with van der Waals surface area (Å²) in [4.78, 5) is 48.6. The quantitative estimate of drug-likeness (QED) is 0.232. The Hall–Kier alpha value is -4.72. The van der Waals surface area contributed by atoms with Crippen LogP contribution in [0.2, 0.25) is 0 Å². The van der Waals surface area contributed by atoms with Crippen LogP contribution in [-0.4, -0.2) is 77.3 Å². The highest BCUT2D eigenvalue weighted by molar-refractivity contribution is 5.85. The molecule has 0 spiro atoms. The van der Waals surface area contributed by atoms with Crippen molar-refractivity contribution in [3.05, 3.63) is 54.2 Å². The predicted molar refractivity (Wildman–Crippen MR) is 136 cm³/mol. The van der Waals surface area contributed by atoms with Gasteiger partial charge in [0, 0.05) is 20.8 Å². The Morgan fingerprint density at radius 2 is 1.68 bits per heavy atom. The third kappa shape index (κ3) is 5.66. The number of aryl methyl sites for hydroxylation is 1. The summed E-state index contributed by atoms with van der Waals surface area (Å²) < 4.78 is 25.4. The molecule has 1 saturated heterocycles. The fraction of sp³-hybridized carbons (Fsp3) is 0.385. The Balaban J connectivity index is 1.47. The van der Waals surface area contributed by atoms with Gasteiger partial charge in [0.05, 0.1) is 19.1 Å². The number of carbonyl (C=O) groups excluding carboxylic acids is 3. The van der Waals surface area contributed by atoms with Crippen molar-refractivity contribution in [2.24, 2.45) is 0 Å². The molecule has 1 aliphatic heterocycles. The molecule has 0 saturated carbocycles. The van der Waals surface area contributed by atoms with Gasteiger partial charge in [0.1, 0.15) is 35.9 Å². The monoisotopic (exact) mass is 549 g/mol. The van der Waals surface area contributed by atoms with Crippen LogP contribution in [0.25, 0.3) is 22.6 Å². The molecule has 0 radical (unpaired) electrons. The molecule has 0 N–H and O–H groups in total. The second kappa shape index (κ2) is 11.2. The van der Waals surface area contributed by atoms with Crippen LogP contribution in [0.3, 0.4) is 0 Å². The molecular formula is C26H27N7O7. The lowest BCUT2D eigenvalue weighted by molar-refractivity contribution is -0.166. The van der Waals surface area contributed by atoms with Crippen LogP contribution in [0.15, 0.2) is 43.1 Å². The average Bonchev–Trinajstić information content (AvgIpc) is 3.62. The number of imidazole rings is 1. The van der Waals surface area contributed by atoms with E-state index >= 15 is 0 Å². The fourth-order valence-electron chi connectivity index (χ4n) is 4.51. The first kappa shape index (κ1) is 26.9. The Morgan fingerprint density at radius 3 is 2.38 bits per heavy atom. The number of ether oxygens (including phenoxy) is 4. The number of hydrogen-bond acceptors (Lipinski definition) is 12. The zero-order chi connectivity index (χ0) is 28.4. The molecule has 0 aliphatic carbocycles. The highest BCUT2D eigenvalue weighted by Crippen LogP contribution is 2.36. The molecule has 0 amide bonds. The van der Waals surface area contributed by atoms with Crippen LogP contribution < -0.4 is 0 Å². The zero-order valence-corrected chi connectivity index (χ0v) is 22.3. The van der Waals surface area contributed by atoms with Gasteiger partial charge >= 0.3 is 17.9 Å². The van der Waals surface area contributed by atoms with E-state index in [0.29, 0.717) is 29.1 Å². The molecule has 3 aromatic heterocycles. The molecule has 14 heteroatoms. The van der Waals surface area contributed by atoms with Crippen LogP contribution in [0.1, 0.15) is 38.1 Å². The van der Waals surface area contributed by atoms with E-state index in [0.717, 1.165) is 5.56 Å². The van der Waals surface area contributed by atoms with Crippen molar-refractivity contribution in [2.45, 2.75) is 58.8 Å². The van der Waals surface area contributed by atoms with Gasteiger partial charge in [-0.3, -0.25) is 19.0 Å². The maximum Gasteiger partial charge on any atom is 0.303 e. The number of fused-ring (bicyclic) bond motifs is 1. The average molecular weight is 550 g/mol. The van der Waals surface area contributed by atoms with E-state index in [2.05, 4.69) is 25.3 Å². The first-order chi connectivity index (χ1) is 19.2. The van der Waals surface area contributed by atoms with Crippen molar-refractivity contribution in [3.63, 3.8) is 0 Å². The molecule has 1 aromatic carbocycles. The SMILES string of the molecule is CC(=O)OC[C@H]1O[C@@H](n2cnc3c(-c4cn(Cc5ccc(C)cc5)nn4)ncnc32)[C@H](OC(C)=O)[C@@H]1OC(C)=O. The lowest BCUT2D eigenvalue weighted by Gasteiger charge is -2.23. The largest absolute Gasteiger partial charge is 0.463 e. The van der Waals surface area contributed by atoms with Gasteiger partial charge in [-0.2, -0.15) is 0 Å². The van der Waals surface area contributed by atoms with Gasteiger partial charge in [0.15, 0.2) is 24.1 Å². The Morgan fingerprint density at radius 1 is 0.950 bits per heavy atom. The molecule has 0 bridgehead atoms. The summed E-state index contributed by atoms with van der Waals surface area (Å²) >= 11 is 0. The van der Waals surface area contributed by atoms with E-state index in [9.17, 15) is 14.4 Å². The summed E-state index contributed by atoms with van der Waals surface area (Å²) in [6.45, 7) is 6.02. The van der Waals surface area contributed by atoms with Gasteiger partial charge in [0.25, 0.3) is 0 Å². The van der Waals surface area contributed by atoms with E-state index in [1.54, 1.807) is 15.4 Å². The van der Waals surface area contributed by atoms with Crippen LogP contribution in [-0.2, 0) is 39.9 Å². The van der Waals surface area contributed by atoms with Gasteiger partial charge in [-0.15, -0.1) is 5.10 Å². The summed E-state index contributed by atoms with van der Waals surface area (Å²) in [6.07, 6.45) is 0.533. The van der Waals surface area contributed by atoms with Crippen LogP contribution in [0.5, 0.6) is 0 Å². The van der Waals surface area contributed by atoms with Crippen molar-refractivity contribution in [1.29, 1.82) is 0 Å². The molecule has 14 nitrogen and oxygen atoms in total. The second-order valence-electron chi connectivity index (χ2n) is 9.35. The number of rotatable bonds is 8. The molecule has 4 aromatic rings. The number of benzene rings is 1.